The summed E-state index contributed by atoms with van der Waals surface area (Å²) in [5.74, 6) is -0.342. The second kappa shape index (κ2) is 5.46. The Morgan fingerprint density at radius 3 is 2.50 bits per heavy atom. The van der Waals surface area contributed by atoms with Gasteiger partial charge in [-0.25, -0.2) is 0 Å². The minimum Gasteiger partial charge on any atom is -0.406 e. The maximum atomic E-state index is 12.3. The molecule has 0 radical (unpaired) electrons. The zero-order valence-electron chi connectivity index (χ0n) is 11.1. The summed E-state index contributed by atoms with van der Waals surface area (Å²) in [5, 5.41) is 0.974. The average molecular weight is 322 g/mol. The largest absolute Gasteiger partial charge is 0.573 e. The highest BCUT2D eigenvalue weighted by molar-refractivity contribution is 7.22. The van der Waals surface area contributed by atoms with E-state index < -0.39 is 6.36 Å². The Hall–Kier alpha value is -2.34. The summed E-state index contributed by atoms with van der Waals surface area (Å²) in [7, 11) is 0. The van der Waals surface area contributed by atoms with Gasteiger partial charge in [-0.1, -0.05) is 18.2 Å². The van der Waals surface area contributed by atoms with Gasteiger partial charge in [-0.3, -0.25) is 4.79 Å². The molecule has 0 saturated heterocycles. The predicted molar refractivity (Wildman–Crippen MR) is 79.3 cm³/mol. The van der Waals surface area contributed by atoms with E-state index in [1.54, 1.807) is 0 Å². The number of hydrogen-bond acceptors (Lipinski definition) is 3. The van der Waals surface area contributed by atoms with E-state index in [2.05, 4.69) is 4.74 Å². The third kappa shape index (κ3) is 2.96. The van der Waals surface area contributed by atoms with Crippen LogP contribution in [0.3, 0.4) is 0 Å². The van der Waals surface area contributed by atoms with Gasteiger partial charge < -0.3 is 4.74 Å². The summed E-state index contributed by atoms with van der Waals surface area (Å²) in [6.45, 7) is 0. The lowest BCUT2D eigenvalue weighted by Crippen LogP contribution is -2.17. The molecule has 1 aromatic heterocycles. The van der Waals surface area contributed by atoms with Gasteiger partial charge in [0.2, 0.25) is 0 Å². The molecule has 3 rings (SSSR count). The maximum Gasteiger partial charge on any atom is 0.573 e. The van der Waals surface area contributed by atoms with Crippen molar-refractivity contribution in [3.8, 4) is 16.2 Å². The number of carbonyl (C=O) groups excluding carboxylic acids is 1. The molecule has 0 spiro atoms. The summed E-state index contributed by atoms with van der Waals surface area (Å²) in [6, 6.07) is 13.1. The first-order valence-electron chi connectivity index (χ1n) is 6.30. The van der Waals surface area contributed by atoms with Gasteiger partial charge in [0.15, 0.2) is 6.29 Å². The molecule has 6 heteroatoms. The number of ether oxygens (including phenoxy) is 1. The van der Waals surface area contributed by atoms with Crippen LogP contribution in [-0.4, -0.2) is 12.6 Å². The molecule has 2 nitrogen and oxygen atoms in total. The highest BCUT2D eigenvalue weighted by Crippen LogP contribution is 2.37. The fourth-order valence-corrected chi connectivity index (χ4v) is 3.26. The fraction of sp³-hybridized carbons (Fsp3) is 0.0625. The van der Waals surface area contributed by atoms with Crippen LogP contribution in [0.15, 0.2) is 48.5 Å². The standard InChI is InChI=1S/C16H9F3O2S/c17-16(18,19)21-12-6-5-11(9-20)13(8-12)15-7-10-3-1-2-4-14(10)22-15/h1-9H. The highest BCUT2D eigenvalue weighted by Gasteiger charge is 2.31. The molecular formula is C16H9F3O2S. The summed E-state index contributed by atoms with van der Waals surface area (Å²) < 4.78 is 41.9. The second-order valence-electron chi connectivity index (χ2n) is 4.56. The fourth-order valence-electron chi connectivity index (χ4n) is 2.16. The summed E-state index contributed by atoms with van der Waals surface area (Å²) in [5.41, 5.74) is 0.749. The van der Waals surface area contributed by atoms with Crippen LogP contribution in [0.2, 0.25) is 0 Å². The van der Waals surface area contributed by atoms with Crippen LogP contribution in [0.4, 0.5) is 13.2 Å². The van der Waals surface area contributed by atoms with Gasteiger partial charge in [-0.2, -0.15) is 0 Å². The number of carbonyl (C=O) groups is 1. The van der Waals surface area contributed by atoms with E-state index in [4.69, 9.17) is 0 Å². The minimum atomic E-state index is -4.76. The van der Waals surface area contributed by atoms with E-state index in [1.807, 2.05) is 30.3 Å². The first-order chi connectivity index (χ1) is 10.5. The molecule has 0 aliphatic rings. The topological polar surface area (TPSA) is 26.3 Å². The number of benzene rings is 2. The summed E-state index contributed by atoms with van der Waals surface area (Å²) in [6.07, 6.45) is -4.14. The van der Waals surface area contributed by atoms with Crippen molar-refractivity contribution >= 4 is 27.7 Å². The first kappa shape index (κ1) is 14.6. The van der Waals surface area contributed by atoms with Gasteiger partial charge in [-0.15, -0.1) is 24.5 Å². The number of halogens is 3. The van der Waals surface area contributed by atoms with Crippen LogP contribution in [-0.2, 0) is 0 Å². The van der Waals surface area contributed by atoms with E-state index in [-0.39, 0.29) is 5.75 Å². The van der Waals surface area contributed by atoms with Gasteiger partial charge in [0.25, 0.3) is 0 Å². The molecule has 0 unspecified atom stereocenters. The number of rotatable bonds is 3. The lowest BCUT2D eigenvalue weighted by atomic mass is 10.1. The SMILES string of the molecule is O=Cc1ccc(OC(F)(F)F)cc1-c1cc2ccccc2s1. The van der Waals surface area contributed by atoms with E-state index >= 15 is 0 Å². The van der Waals surface area contributed by atoms with Crippen LogP contribution in [0.1, 0.15) is 10.4 Å². The third-order valence-corrected chi connectivity index (χ3v) is 4.23. The molecule has 2 aromatic carbocycles. The van der Waals surface area contributed by atoms with Crippen molar-refractivity contribution in [1.29, 1.82) is 0 Å². The Morgan fingerprint density at radius 1 is 1.05 bits per heavy atom. The van der Waals surface area contributed by atoms with Crippen LogP contribution in [0.25, 0.3) is 20.5 Å². The van der Waals surface area contributed by atoms with Crippen LogP contribution >= 0.6 is 11.3 Å². The first-order valence-corrected chi connectivity index (χ1v) is 7.12. The molecule has 0 aliphatic heterocycles. The Bertz CT molecular complexity index is 804. The second-order valence-corrected chi connectivity index (χ2v) is 5.65. The zero-order valence-corrected chi connectivity index (χ0v) is 11.9. The lowest BCUT2D eigenvalue weighted by molar-refractivity contribution is -0.274. The van der Waals surface area contributed by atoms with Crippen LogP contribution < -0.4 is 4.74 Å². The Morgan fingerprint density at radius 2 is 1.82 bits per heavy atom. The highest BCUT2D eigenvalue weighted by atomic mass is 32.1. The van der Waals surface area contributed by atoms with Crippen molar-refractivity contribution in [3.05, 3.63) is 54.1 Å². The van der Waals surface area contributed by atoms with E-state index in [1.165, 1.54) is 23.5 Å². The van der Waals surface area contributed by atoms with Gasteiger partial charge in [0.05, 0.1) is 0 Å². The molecule has 1 heterocycles. The molecule has 3 aromatic rings. The van der Waals surface area contributed by atoms with Gasteiger partial charge >= 0.3 is 6.36 Å². The third-order valence-electron chi connectivity index (χ3n) is 3.08. The molecule has 0 aliphatic carbocycles. The van der Waals surface area contributed by atoms with Gasteiger partial charge in [-0.05, 0) is 35.7 Å². The quantitative estimate of drug-likeness (QED) is 0.613. The molecular weight excluding hydrogens is 313 g/mol. The molecule has 0 N–H and O–H groups in total. The minimum absolute atomic E-state index is 0.320. The molecule has 0 saturated carbocycles. The Labute approximate surface area is 127 Å². The zero-order chi connectivity index (χ0) is 15.7. The lowest BCUT2D eigenvalue weighted by Gasteiger charge is -2.10. The van der Waals surface area contributed by atoms with Crippen LogP contribution in [0, 0.1) is 0 Å². The summed E-state index contributed by atoms with van der Waals surface area (Å²) in [4.78, 5) is 11.9. The van der Waals surface area contributed by atoms with Gasteiger partial charge in [0.1, 0.15) is 5.75 Å². The van der Waals surface area contributed by atoms with E-state index in [0.29, 0.717) is 17.4 Å². The van der Waals surface area contributed by atoms with Crippen molar-refractivity contribution in [2.24, 2.45) is 0 Å². The smallest absolute Gasteiger partial charge is 0.406 e. The van der Waals surface area contributed by atoms with Crippen molar-refractivity contribution in [2.75, 3.05) is 0 Å². The number of aldehydes is 1. The molecule has 0 atom stereocenters. The number of thiophene rings is 1. The monoisotopic (exact) mass is 322 g/mol. The number of alkyl halides is 3. The average Bonchev–Trinajstić information content (AvgIpc) is 2.89. The molecule has 0 bridgehead atoms. The van der Waals surface area contributed by atoms with Crippen molar-refractivity contribution in [1.82, 2.24) is 0 Å². The molecule has 112 valence electrons. The normalized spacial score (nSPS) is 11.6. The number of fused-ring (bicyclic) bond motifs is 1. The summed E-state index contributed by atoms with van der Waals surface area (Å²) >= 11 is 1.41. The van der Waals surface area contributed by atoms with Gasteiger partial charge in [0, 0.05) is 20.7 Å². The van der Waals surface area contributed by atoms with Crippen LogP contribution in [0.5, 0.6) is 5.75 Å². The van der Waals surface area contributed by atoms with Crippen molar-refractivity contribution in [2.45, 2.75) is 6.36 Å². The van der Waals surface area contributed by atoms with Crippen molar-refractivity contribution in [3.63, 3.8) is 0 Å². The van der Waals surface area contributed by atoms with E-state index in [0.717, 1.165) is 21.0 Å². The Balaban J connectivity index is 2.11. The van der Waals surface area contributed by atoms with Crippen molar-refractivity contribution < 1.29 is 22.7 Å². The molecule has 0 amide bonds. The maximum absolute atomic E-state index is 12.3. The Kier molecular flexibility index (Phi) is 3.62. The molecule has 0 fully saturated rings. The van der Waals surface area contributed by atoms with E-state index in [9.17, 15) is 18.0 Å². The molecule has 22 heavy (non-hydrogen) atoms. The number of hydrogen-bond donors (Lipinski definition) is 0. The predicted octanol–water partition coefficient (Wildman–Crippen LogP) is 5.28.